The Morgan fingerprint density at radius 2 is 1.86 bits per heavy atom. The zero-order valence-electron chi connectivity index (χ0n) is 15.0. The van der Waals surface area contributed by atoms with Crippen molar-refractivity contribution in [2.45, 2.75) is 72.0 Å². The van der Waals surface area contributed by atoms with Crippen LogP contribution in [-0.2, 0) is 4.74 Å². The van der Waals surface area contributed by atoms with Gasteiger partial charge in [-0.25, -0.2) is 0 Å². The highest BCUT2D eigenvalue weighted by atomic mass is 16.5. The molecule has 4 atom stereocenters. The number of likely N-dealkylation sites (tertiary alicyclic amines) is 1. The highest BCUT2D eigenvalue weighted by Crippen LogP contribution is 2.66. The zero-order chi connectivity index (χ0) is 16.0. The van der Waals surface area contributed by atoms with Crippen LogP contribution in [-0.4, -0.2) is 48.5 Å². The van der Waals surface area contributed by atoms with E-state index in [1.165, 1.54) is 32.1 Å². The molecule has 1 aliphatic heterocycles. The standard InChI is InChI=1S/C19H35NO2/c1-14-6-9-20(10-7-14)12-16(21)13-22-17-11-15-5-8-19(17,4)18(15,2)3/h14-17,21H,5-13H2,1-4H3/t15-,16+,17+,19-/m0/s1. The molecule has 3 aliphatic rings. The number of β-amino-alcohol motifs (C(OH)–C–C–N with tert-alkyl or cyclic N) is 1. The number of aliphatic hydroxyl groups is 1. The molecule has 0 aromatic carbocycles. The van der Waals surface area contributed by atoms with Gasteiger partial charge in [0, 0.05) is 6.54 Å². The zero-order valence-corrected chi connectivity index (χ0v) is 15.0. The van der Waals surface area contributed by atoms with E-state index in [4.69, 9.17) is 4.74 Å². The number of ether oxygens (including phenoxy) is 1. The van der Waals surface area contributed by atoms with E-state index in [9.17, 15) is 5.11 Å². The van der Waals surface area contributed by atoms with E-state index in [1.807, 2.05) is 0 Å². The minimum atomic E-state index is -0.334. The van der Waals surface area contributed by atoms with Gasteiger partial charge in [0.1, 0.15) is 0 Å². The fourth-order valence-electron chi connectivity index (χ4n) is 5.20. The van der Waals surface area contributed by atoms with Crippen molar-refractivity contribution in [3.05, 3.63) is 0 Å². The predicted octanol–water partition coefficient (Wildman–Crippen LogP) is 3.31. The Hall–Kier alpha value is -0.120. The summed E-state index contributed by atoms with van der Waals surface area (Å²) in [5, 5.41) is 10.3. The summed E-state index contributed by atoms with van der Waals surface area (Å²) in [4.78, 5) is 2.40. The smallest absolute Gasteiger partial charge is 0.0900 e. The fourth-order valence-corrected chi connectivity index (χ4v) is 5.20. The minimum Gasteiger partial charge on any atom is -0.389 e. The molecule has 1 heterocycles. The monoisotopic (exact) mass is 309 g/mol. The van der Waals surface area contributed by atoms with Crippen LogP contribution < -0.4 is 0 Å². The van der Waals surface area contributed by atoms with Crippen LogP contribution >= 0.6 is 0 Å². The lowest BCUT2D eigenvalue weighted by Crippen LogP contribution is -2.42. The van der Waals surface area contributed by atoms with Gasteiger partial charge in [-0.1, -0.05) is 27.7 Å². The number of piperidine rings is 1. The molecule has 0 amide bonds. The number of nitrogens with zero attached hydrogens (tertiary/aromatic N) is 1. The molecule has 3 heteroatoms. The largest absolute Gasteiger partial charge is 0.389 e. The van der Waals surface area contributed by atoms with E-state index in [0.717, 1.165) is 31.5 Å². The van der Waals surface area contributed by atoms with Crippen molar-refractivity contribution in [3.63, 3.8) is 0 Å². The van der Waals surface area contributed by atoms with E-state index in [0.29, 0.717) is 23.5 Å². The number of hydrogen-bond acceptors (Lipinski definition) is 3. The predicted molar refractivity (Wildman–Crippen MR) is 89.8 cm³/mol. The third-order valence-corrected chi connectivity index (χ3v) is 7.55. The molecule has 1 saturated heterocycles. The molecule has 0 aromatic heterocycles. The van der Waals surface area contributed by atoms with E-state index in [1.54, 1.807) is 0 Å². The van der Waals surface area contributed by atoms with Crippen LogP contribution in [0.3, 0.4) is 0 Å². The molecule has 3 rings (SSSR count). The Labute approximate surface area is 136 Å². The van der Waals surface area contributed by atoms with Crippen LogP contribution in [0.4, 0.5) is 0 Å². The molecule has 0 unspecified atom stereocenters. The van der Waals surface area contributed by atoms with Crippen LogP contribution in [0, 0.1) is 22.7 Å². The van der Waals surface area contributed by atoms with Gasteiger partial charge in [-0.15, -0.1) is 0 Å². The lowest BCUT2D eigenvalue weighted by Gasteiger charge is -2.39. The summed E-state index contributed by atoms with van der Waals surface area (Å²) < 4.78 is 6.22. The SMILES string of the molecule is CC1CCN(C[C@@H](O)CO[C@@H]2C[C@@H]3CC[C@]2(C)C3(C)C)CC1. The summed E-state index contributed by atoms with van der Waals surface area (Å²) in [6.07, 6.45) is 6.38. The van der Waals surface area contributed by atoms with Crippen molar-refractivity contribution in [1.29, 1.82) is 0 Å². The average molecular weight is 309 g/mol. The minimum absolute atomic E-state index is 0.304. The molecule has 2 saturated carbocycles. The van der Waals surface area contributed by atoms with Crippen LogP contribution in [0.5, 0.6) is 0 Å². The highest BCUT2D eigenvalue weighted by molar-refractivity contribution is 5.11. The van der Waals surface area contributed by atoms with E-state index < -0.39 is 0 Å². The van der Waals surface area contributed by atoms with Gasteiger partial charge >= 0.3 is 0 Å². The average Bonchev–Trinajstić information content (AvgIpc) is 2.80. The van der Waals surface area contributed by atoms with Crippen molar-refractivity contribution in [3.8, 4) is 0 Å². The van der Waals surface area contributed by atoms with Crippen molar-refractivity contribution in [2.75, 3.05) is 26.2 Å². The molecule has 2 bridgehead atoms. The maximum atomic E-state index is 10.3. The maximum Gasteiger partial charge on any atom is 0.0900 e. The Kier molecular flexibility index (Phi) is 4.61. The van der Waals surface area contributed by atoms with Crippen LogP contribution in [0.1, 0.15) is 59.8 Å². The van der Waals surface area contributed by atoms with Gasteiger partial charge in [0.25, 0.3) is 0 Å². The molecule has 1 N–H and O–H groups in total. The van der Waals surface area contributed by atoms with Gasteiger partial charge in [0.05, 0.1) is 18.8 Å². The molecule has 0 spiro atoms. The second kappa shape index (κ2) is 6.07. The molecule has 0 radical (unpaired) electrons. The van der Waals surface area contributed by atoms with E-state index in [-0.39, 0.29) is 6.10 Å². The molecule has 0 aromatic rings. The van der Waals surface area contributed by atoms with Crippen molar-refractivity contribution in [1.82, 2.24) is 4.90 Å². The van der Waals surface area contributed by atoms with Gasteiger partial charge in [0.15, 0.2) is 0 Å². The highest BCUT2D eigenvalue weighted by Gasteiger charge is 2.61. The van der Waals surface area contributed by atoms with Crippen molar-refractivity contribution < 1.29 is 9.84 Å². The Balaban J connectivity index is 1.45. The third-order valence-electron chi connectivity index (χ3n) is 7.55. The topological polar surface area (TPSA) is 32.7 Å². The number of fused-ring (bicyclic) bond motifs is 2. The van der Waals surface area contributed by atoms with Crippen molar-refractivity contribution in [2.24, 2.45) is 22.7 Å². The first-order valence-corrected chi connectivity index (χ1v) is 9.35. The van der Waals surface area contributed by atoms with Gasteiger partial charge in [-0.3, -0.25) is 0 Å². The van der Waals surface area contributed by atoms with E-state index >= 15 is 0 Å². The van der Waals surface area contributed by atoms with Gasteiger partial charge in [0.2, 0.25) is 0 Å². The molecule has 2 aliphatic carbocycles. The molecule has 3 nitrogen and oxygen atoms in total. The van der Waals surface area contributed by atoms with Gasteiger partial charge < -0.3 is 14.7 Å². The quantitative estimate of drug-likeness (QED) is 0.846. The Bertz CT molecular complexity index is 389. The summed E-state index contributed by atoms with van der Waals surface area (Å²) in [6, 6.07) is 0. The Morgan fingerprint density at radius 1 is 1.18 bits per heavy atom. The molecule has 3 fully saturated rings. The van der Waals surface area contributed by atoms with Gasteiger partial charge in [-0.05, 0) is 67.9 Å². The second-order valence-electron chi connectivity index (χ2n) is 9.07. The fraction of sp³-hybridized carbons (Fsp3) is 1.00. The summed E-state index contributed by atoms with van der Waals surface area (Å²) in [5.41, 5.74) is 0.698. The van der Waals surface area contributed by atoms with E-state index in [2.05, 4.69) is 32.6 Å². The molecular weight excluding hydrogens is 274 g/mol. The molecular formula is C19H35NO2. The molecule has 22 heavy (non-hydrogen) atoms. The first kappa shape index (κ1) is 16.7. The number of rotatable bonds is 5. The first-order chi connectivity index (χ1) is 10.3. The second-order valence-corrected chi connectivity index (χ2v) is 9.07. The maximum absolute atomic E-state index is 10.3. The number of aliphatic hydroxyl groups excluding tert-OH is 1. The lowest BCUT2D eigenvalue weighted by molar-refractivity contribution is -0.0802. The molecule has 128 valence electrons. The van der Waals surface area contributed by atoms with Gasteiger partial charge in [-0.2, -0.15) is 0 Å². The van der Waals surface area contributed by atoms with Crippen molar-refractivity contribution >= 4 is 0 Å². The summed E-state index contributed by atoms with van der Waals surface area (Å²) in [7, 11) is 0. The normalized spacial score (nSPS) is 40.2. The number of hydrogen-bond donors (Lipinski definition) is 1. The van der Waals surface area contributed by atoms with Crippen LogP contribution in [0.25, 0.3) is 0 Å². The Morgan fingerprint density at radius 3 is 2.41 bits per heavy atom. The van der Waals surface area contributed by atoms with Crippen LogP contribution in [0.15, 0.2) is 0 Å². The first-order valence-electron chi connectivity index (χ1n) is 9.35. The summed E-state index contributed by atoms with van der Waals surface area (Å²) in [5.74, 6) is 1.66. The summed E-state index contributed by atoms with van der Waals surface area (Å²) in [6.45, 7) is 13.1. The van der Waals surface area contributed by atoms with Crippen LogP contribution in [0.2, 0.25) is 0 Å². The third kappa shape index (κ3) is 2.85. The summed E-state index contributed by atoms with van der Waals surface area (Å²) >= 11 is 0. The lowest BCUT2D eigenvalue weighted by atomic mass is 9.70.